The van der Waals surface area contributed by atoms with E-state index in [1.807, 2.05) is 0 Å². The summed E-state index contributed by atoms with van der Waals surface area (Å²) in [7, 11) is 0. The zero-order chi connectivity index (χ0) is 12.3. The van der Waals surface area contributed by atoms with Crippen molar-refractivity contribution in [1.29, 1.82) is 0 Å². The van der Waals surface area contributed by atoms with Gasteiger partial charge >= 0.3 is 0 Å². The van der Waals surface area contributed by atoms with E-state index in [0.29, 0.717) is 16.9 Å². The lowest BCUT2D eigenvalue weighted by atomic mass is 9.90. The summed E-state index contributed by atoms with van der Waals surface area (Å²) < 4.78 is 0. The monoisotopic (exact) mass is 253 g/mol. The summed E-state index contributed by atoms with van der Waals surface area (Å²) in [5, 5.41) is 2.34. The predicted molar refractivity (Wildman–Crippen MR) is 71.4 cm³/mol. The van der Waals surface area contributed by atoms with Crippen LogP contribution in [0.15, 0.2) is 24.3 Å². The van der Waals surface area contributed by atoms with Gasteiger partial charge in [-0.05, 0) is 43.2 Å². The number of benzene rings is 1. The van der Waals surface area contributed by atoms with Crippen molar-refractivity contribution in [1.82, 2.24) is 5.06 Å². The van der Waals surface area contributed by atoms with Crippen LogP contribution in [0.5, 0.6) is 0 Å². The molecule has 19 heavy (non-hydrogen) atoms. The summed E-state index contributed by atoms with van der Waals surface area (Å²) in [5.74, 6) is 0. The smallest absolute Gasteiger partial charge is 0.104 e. The molecule has 0 amide bonds. The first-order valence-electron chi connectivity index (χ1n) is 7.86. The van der Waals surface area contributed by atoms with Gasteiger partial charge < -0.3 is 0 Å². The zero-order valence-electron chi connectivity index (χ0n) is 11.2. The molecule has 0 aromatic heterocycles. The highest BCUT2D eigenvalue weighted by molar-refractivity contribution is 5.47. The standard InChI is InChI=1S/C17H19NO/c1-2-4-13-12(3-1)5-10-18-14(13)11-17(19-18)15(6-7-15)16(17)8-9-16/h1-4,14H,5-11H2. The molecule has 1 unspecified atom stereocenters. The number of rotatable bonds is 0. The molecule has 1 saturated heterocycles. The molecule has 2 heterocycles. The van der Waals surface area contributed by atoms with E-state index in [4.69, 9.17) is 4.84 Å². The zero-order valence-corrected chi connectivity index (χ0v) is 11.2. The van der Waals surface area contributed by atoms with Crippen molar-refractivity contribution in [3.63, 3.8) is 0 Å². The SMILES string of the molecule is c1ccc2c(c1)CCN1OC3(CC21)C1(CC1)C31CC1. The van der Waals surface area contributed by atoms with Crippen LogP contribution in [0, 0.1) is 10.8 Å². The van der Waals surface area contributed by atoms with Crippen LogP contribution < -0.4 is 0 Å². The van der Waals surface area contributed by atoms with Crippen LogP contribution in [0.1, 0.15) is 49.3 Å². The second-order valence-corrected chi connectivity index (χ2v) is 7.39. The maximum Gasteiger partial charge on any atom is 0.104 e. The molecular weight excluding hydrogens is 234 g/mol. The predicted octanol–water partition coefficient (Wildman–Crippen LogP) is 3.23. The minimum Gasteiger partial charge on any atom is -0.291 e. The molecule has 1 atom stereocenters. The van der Waals surface area contributed by atoms with Crippen molar-refractivity contribution >= 4 is 0 Å². The second-order valence-electron chi connectivity index (χ2n) is 7.39. The molecule has 1 aromatic rings. The topological polar surface area (TPSA) is 12.5 Å². The van der Waals surface area contributed by atoms with E-state index in [0.717, 1.165) is 13.0 Å². The molecule has 98 valence electrons. The molecule has 0 radical (unpaired) electrons. The minimum absolute atomic E-state index is 0.266. The van der Waals surface area contributed by atoms with Crippen LogP contribution in [0.25, 0.3) is 0 Å². The first-order chi connectivity index (χ1) is 9.32. The van der Waals surface area contributed by atoms with Gasteiger partial charge in [-0.3, -0.25) is 4.84 Å². The molecule has 3 spiro atoms. The molecule has 1 aromatic carbocycles. The molecule has 2 nitrogen and oxygen atoms in total. The Hall–Kier alpha value is -0.860. The number of hydrogen-bond acceptors (Lipinski definition) is 2. The Balaban J connectivity index is 1.45. The van der Waals surface area contributed by atoms with E-state index < -0.39 is 0 Å². The van der Waals surface area contributed by atoms with Gasteiger partial charge in [-0.2, -0.15) is 5.06 Å². The summed E-state index contributed by atoms with van der Waals surface area (Å²) in [5.41, 5.74) is 4.63. The molecule has 6 rings (SSSR count). The van der Waals surface area contributed by atoms with Gasteiger partial charge in [-0.15, -0.1) is 0 Å². The maximum atomic E-state index is 6.61. The first-order valence-corrected chi connectivity index (χ1v) is 7.86. The van der Waals surface area contributed by atoms with Gasteiger partial charge in [-0.1, -0.05) is 24.3 Å². The number of fused-ring (bicyclic) bond motifs is 6. The lowest BCUT2D eigenvalue weighted by Crippen LogP contribution is -2.30. The van der Waals surface area contributed by atoms with Crippen molar-refractivity contribution in [2.45, 2.75) is 50.2 Å². The summed E-state index contributed by atoms with van der Waals surface area (Å²) in [4.78, 5) is 6.61. The Bertz CT molecular complexity index is 581. The lowest BCUT2D eigenvalue weighted by Gasteiger charge is -2.29. The lowest BCUT2D eigenvalue weighted by molar-refractivity contribution is -0.186. The third kappa shape index (κ3) is 0.846. The third-order valence-electron chi connectivity index (χ3n) is 7.02. The van der Waals surface area contributed by atoms with Crippen LogP contribution >= 0.6 is 0 Å². The van der Waals surface area contributed by atoms with Crippen molar-refractivity contribution < 1.29 is 4.84 Å². The highest BCUT2D eigenvalue weighted by Gasteiger charge is 2.98. The molecule has 5 aliphatic rings. The third-order valence-corrected chi connectivity index (χ3v) is 7.02. The molecule has 0 N–H and O–H groups in total. The average molecular weight is 253 g/mol. The van der Waals surface area contributed by atoms with E-state index in [2.05, 4.69) is 29.3 Å². The molecule has 3 saturated carbocycles. The van der Waals surface area contributed by atoms with Crippen LogP contribution in [-0.2, 0) is 11.3 Å². The van der Waals surface area contributed by atoms with Gasteiger partial charge in [-0.25, -0.2) is 0 Å². The highest BCUT2D eigenvalue weighted by atomic mass is 16.7. The Morgan fingerprint density at radius 1 is 1.05 bits per heavy atom. The van der Waals surface area contributed by atoms with E-state index >= 15 is 0 Å². The quantitative estimate of drug-likeness (QED) is 0.704. The molecular formula is C17H19NO. The number of hydrogen-bond donors (Lipinski definition) is 0. The van der Waals surface area contributed by atoms with Crippen molar-refractivity contribution in [3.05, 3.63) is 35.4 Å². The number of hydroxylamine groups is 2. The minimum atomic E-state index is 0.266. The Labute approximate surface area is 113 Å². The largest absolute Gasteiger partial charge is 0.291 e. The summed E-state index contributed by atoms with van der Waals surface area (Å²) in [6, 6.07) is 9.56. The van der Waals surface area contributed by atoms with Gasteiger partial charge in [0, 0.05) is 23.8 Å². The first kappa shape index (κ1) is 9.95. The van der Waals surface area contributed by atoms with Gasteiger partial charge in [0.15, 0.2) is 0 Å². The van der Waals surface area contributed by atoms with Crippen LogP contribution in [0.4, 0.5) is 0 Å². The summed E-state index contributed by atoms with van der Waals surface area (Å²) >= 11 is 0. The molecule has 2 heteroatoms. The fourth-order valence-corrected chi connectivity index (χ4v) is 5.93. The average Bonchev–Trinajstić information content (AvgIpc) is 3.35. The van der Waals surface area contributed by atoms with E-state index in [1.54, 1.807) is 11.1 Å². The van der Waals surface area contributed by atoms with Crippen molar-refractivity contribution in [3.8, 4) is 0 Å². The highest BCUT2D eigenvalue weighted by Crippen LogP contribution is 2.97. The molecule has 0 bridgehead atoms. The number of nitrogens with zero attached hydrogens (tertiary/aromatic N) is 1. The van der Waals surface area contributed by atoms with Crippen molar-refractivity contribution in [2.24, 2.45) is 10.8 Å². The van der Waals surface area contributed by atoms with E-state index in [9.17, 15) is 0 Å². The van der Waals surface area contributed by atoms with Crippen molar-refractivity contribution in [2.75, 3.05) is 6.54 Å². The van der Waals surface area contributed by atoms with E-state index in [1.165, 1.54) is 32.1 Å². The Kier molecular flexibility index (Phi) is 1.38. The van der Waals surface area contributed by atoms with Crippen LogP contribution in [0.3, 0.4) is 0 Å². The fourth-order valence-electron chi connectivity index (χ4n) is 5.93. The van der Waals surface area contributed by atoms with Gasteiger partial charge in [0.05, 0.1) is 6.04 Å². The fraction of sp³-hybridized carbons (Fsp3) is 0.647. The van der Waals surface area contributed by atoms with Gasteiger partial charge in [0.1, 0.15) is 5.60 Å². The van der Waals surface area contributed by atoms with Gasteiger partial charge in [0.2, 0.25) is 0 Å². The summed E-state index contributed by atoms with van der Waals surface area (Å²) in [6.07, 6.45) is 8.18. The second kappa shape index (κ2) is 2.64. The van der Waals surface area contributed by atoms with Crippen LogP contribution in [-0.4, -0.2) is 17.2 Å². The Morgan fingerprint density at radius 3 is 2.53 bits per heavy atom. The molecule has 3 aliphatic carbocycles. The normalized spacial score (nSPS) is 37.4. The molecule has 2 aliphatic heterocycles. The molecule has 4 fully saturated rings. The Morgan fingerprint density at radius 2 is 1.79 bits per heavy atom. The summed E-state index contributed by atoms with van der Waals surface area (Å²) in [6.45, 7) is 1.09. The van der Waals surface area contributed by atoms with Gasteiger partial charge in [0.25, 0.3) is 0 Å². The maximum absolute atomic E-state index is 6.61. The van der Waals surface area contributed by atoms with Crippen LogP contribution in [0.2, 0.25) is 0 Å². The van der Waals surface area contributed by atoms with E-state index in [-0.39, 0.29) is 5.60 Å².